The molecule has 3 fully saturated rings. The summed E-state index contributed by atoms with van der Waals surface area (Å²) in [7, 11) is 0. The number of rotatable bonds is 15. The van der Waals surface area contributed by atoms with Gasteiger partial charge in [0.15, 0.2) is 34.7 Å². The van der Waals surface area contributed by atoms with Crippen molar-refractivity contribution in [2.24, 2.45) is 23.0 Å². The van der Waals surface area contributed by atoms with E-state index in [9.17, 15) is 55.5 Å². The molecule has 22 nitrogen and oxygen atoms in total. The molecular formula is C55H62N6O16. The Hall–Kier alpha value is -7.12. The van der Waals surface area contributed by atoms with Gasteiger partial charge in [-0.15, -0.1) is 0 Å². The topological polar surface area (TPSA) is 370 Å². The predicted octanol–water partition coefficient (Wildman–Crippen LogP) is 2.25. The fraction of sp³-hybridized carbons (Fsp3) is 0.418. The summed E-state index contributed by atoms with van der Waals surface area (Å²) in [6, 6.07) is 15.0. The lowest BCUT2D eigenvalue weighted by Gasteiger charge is -2.61. The number of fused-ring (bicyclic) bond motifs is 5. The zero-order chi connectivity index (χ0) is 54.3. The van der Waals surface area contributed by atoms with Crippen LogP contribution in [0, 0.1) is 17.3 Å². The number of aliphatic hydroxyl groups excluding tert-OH is 4. The van der Waals surface area contributed by atoms with Crippen molar-refractivity contribution >= 4 is 22.8 Å². The second-order valence-electron chi connectivity index (χ2n) is 20.9. The highest BCUT2D eigenvalue weighted by Gasteiger charge is 2.74. The number of nitrogens with two attached hydrogens (primary N) is 2. The van der Waals surface area contributed by atoms with Crippen molar-refractivity contribution in [3.63, 3.8) is 0 Å². The van der Waals surface area contributed by atoms with Crippen LogP contribution in [-0.4, -0.2) is 125 Å². The van der Waals surface area contributed by atoms with Crippen LogP contribution in [-0.2, 0) is 16.0 Å². The monoisotopic (exact) mass is 1060 g/mol. The molecule has 2 saturated heterocycles. The van der Waals surface area contributed by atoms with E-state index in [1.165, 1.54) is 42.5 Å². The van der Waals surface area contributed by atoms with Gasteiger partial charge in [-0.25, -0.2) is 4.79 Å². The van der Waals surface area contributed by atoms with Gasteiger partial charge in [0.2, 0.25) is 18.3 Å². The summed E-state index contributed by atoms with van der Waals surface area (Å²) in [4.78, 5) is 30.7. The normalized spacial score (nSPS) is 29.9. The van der Waals surface area contributed by atoms with Gasteiger partial charge >= 0.3 is 5.97 Å². The van der Waals surface area contributed by atoms with E-state index in [4.69, 9.17) is 34.8 Å². The fourth-order valence-electron chi connectivity index (χ4n) is 12.9. The van der Waals surface area contributed by atoms with Gasteiger partial charge in [-0.05, 0) is 121 Å². The Morgan fingerprint density at radius 2 is 1.79 bits per heavy atom. The van der Waals surface area contributed by atoms with E-state index in [0.29, 0.717) is 60.1 Å². The third kappa shape index (κ3) is 8.64. The van der Waals surface area contributed by atoms with Crippen LogP contribution in [0.5, 0.6) is 28.7 Å². The number of hydrogen-bond acceptors (Lipinski definition) is 20. The first-order chi connectivity index (χ1) is 36.9. The molecular weight excluding hydrogens is 1000 g/mol. The van der Waals surface area contributed by atoms with E-state index in [-0.39, 0.29) is 40.9 Å². The molecule has 2 aromatic heterocycles. The maximum atomic E-state index is 14.2. The van der Waals surface area contributed by atoms with Crippen molar-refractivity contribution in [2.45, 2.75) is 99.7 Å². The molecule has 11 rings (SSSR count). The number of aromatic amines is 1. The maximum Gasteiger partial charge on any atom is 0.336 e. The highest BCUT2D eigenvalue weighted by molar-refractivity contribution is 5.89. The van der Waals surface area contributed by atoms with Crippen LogP contribution in [0.2, 0.25) is 0 Å². The summed E-state index contributed by atoms with van der Waals surface area (Å²) in [5.41, 5.74) is 8.43. The van der Waals surface area contributed by atoms with Gasteiger partial charge in [-0.3, -0.25) is 10.1 Å². The standard InChI is InChI=1S/C55H62N6O16/c1-2-25-14-28(16-30(63)15-25)50(69)76-47-39(19-38-43(46(47)66)36(64)18-37(74-38)26-6-9-31(10-7-26)73-40(23-62)45(65)34-11-12-41(56)61-34)75-52-54(71)20-33(53-13-3-4-29(53)8-5-27-21-59-42(57)17-32(27)53)44(35-22-58-24-60-35)55(72,51(54)70)48(77-52)49(67)68/h6-7,9-12,14-20,29,35,40,44-45,48,50-52,58-63,65-66,69-72H,2-5,8,13,21-24,56-57H2,1H3,(H,67,68). The molecule has 12 unspecified atom stereocenters. The van der Waals surface area contributed by atoms with Gasteiger partial charge in [0.25, 0.3) is 0 Å². The molecule has 5 aromatic rings. The number of hydrogen-bond donors (Lipinski definition) is 15. The van der Waals surface area contributed by atoms with E-state index < -0.39 is 106 Å². The quantitative estimate of drug-likeness (QED) is 0.0528. The lowest BCUT2D eigenvalue weighted by atomic mass is 9.50. The number of carboxylic acid groups (broad SMARTS) is 1. The SMILES string of the molecule is CCc1cc(O)cc(C(O)Oc2c(OC3OC(C(=O)O)C4(O)C(C5CNCN5)C(C56CCCC5CCC5=C6C=C(N)NC5)=CC3(O)C4O)cc3oc(-c4ccc(OC(CO)C(O)c5ccc(N)[nH]5)cc4)cc(=O)c3c2O)c1. The second-order valence-corrected chi connectivity index (χ2v) is 20.9. The number of carboxylic acids is 1. The zero-order valence-corrected chi connectivity index (χ0v) is 41.8. The van der Waals surface area contributed by atoms with Crippen LogP contribution in [0.15, 0.2) is 111 Å². The number of aliphatic hydroxyl groups is 6. The van der Waals surface area contributed by atoms with E-state index in [1.54, 1.807) is 18.2 Å². The minimum Gasteiger partial charge on any atom is -0.508 e. The van der Waals surface area contributed by atoms with Crippen LogP contribution >= 0.6 is 0 Å². The lowest BCUT2D eigenvalue weighted by molar-refractivity contribution is -0.345. The number of H-pyrrole nitrogens is 1. The minimum absolute atomic E-state index is 0.0231. The number of phenolic OH excluding ortho intramolecular Hbond substituents is 2. The van der Waals surface area contributed by atoms with Crippen LogP contribution in [0.3, 0.4) is 0 Å². The number of allylic oxidation sites excluding steroid dienone is 2. The third-order valence-electron chi connectivity index (χ3n) is 16.5. The summed E-state index contributed by atoms with van der Waals surface area (Å²) in [5, 5.41) is 115. The smallest absolute Gasteiger partial charge is 0.336 e. The number of phenols is 2. The van der Waals surface area contributed by atoms with Gasteiger partial charge in [0, 0.05) is 66.1 Å². The first-order valence-corrected chi connectivity index (χ1v) is 25.7. The fourth-order valence-corrected chi connectivity index (χ4v) is 12.9. The van der Waals surface area contributed by atoms with Crippen molar-refractivity contribution in [3.05, 3.63) is 128 Å². The van der Waals surface area contributed by atoms with Crippen molar-refractivity contribution < 1.29 is 74.1 Å². The van der Waals surface area contributed by atoms with Gasteiger partial charge in [0.05, 0.1) is 12.4 Å². The number of aromatic nitrogens is 1. The third-order valence-corrected chi connectivity index (χ3v) is 16.5. The molecule has 0 radical (unpaired) electrons. The number of ether oxygens (including phenoxy) is 4. The molecule has 77 heavy (non-hydrogen) atoms. The van der Waals surface area contributed by atoms with E-state index in [1.807, 2.05) is 13.0 Å². The summed E-state index contributed by atoms with van der Waals surface area (Å²) in [6.45, 7) is 2.28. The number of aryl methyl sites for hydroxylation is 1. The number of anilines is 1. The van der Waals surface area contributed by atoms with E-state index in [0.717, 1.165) is 49.0 Å². The Bertz CT molecular complexity index is 3280. The largest absolute Gasteiger partial charge is 0.508 e. The van der Waals surface area contributed by atoms with Gasteiger partial charge in [-0.1, -0.05) is 18.9 Å². The molecule has 2 bridgehead atoms. The molecule has 0 amide bonds. The summed E-state index contributed by atoms with van der Waals surface area (Å²) in [5.74, 6) is -4.42. The van der Waals surface area contributed by atoms with Gasteiger partial charge in [0.1, 0.15) is 51.9 Å². The van der Waals surface area contributed by atoms with Crippen LogP contribution in [0.1, 0.15) is 68.2 Å². The summed E-state index contributed by atoms with van der Waals surface area (Å²) < 4.78 is 30.9. The molecule has 12 atom stereocenters. The number of benzene rings is 3. The number of aliphatic carboxylic acids is 1. The molecule has 3 aromatic carbocycles. The number of nitrogens with one attached hydrogen (secondary N) is 4. The molecule has 17 N–H and O–H groups in total. The highest BCUT2D eigenvalue weighted by Crippen LogP contribution is 2.66. The second kappa shape index (κ2) is 19.7. The average Bonchev–Trinajstić information content (AvgIpc) is 4.39. The number of dihydropyridines is 1. The molecule has 22 heteroatoms. The minimum atomic E-state index is -2.77. The number of carbonyl (C=O) groups is 1. The Balaban J connectivity index is 1.04. The van der Waals surface area contributed by atoms with E-state index >= 15 is 0 Å². The van der Waals surface area contributed by atoms with Crippen LogP contribution < -0.4 is 47.1 Å². The maximum absolute atomic E-state index is 14.2. The Morgan fingerprint density at radius 3 is 2.49 bits per heavy atom. The zero-order valence-electron chi connectivity index (χ0n) is 41.8. The van der Waals surface area contributed by atoms with Gasteiger partial charge in [-0.2, -0.15) is 0 Å². The first-order valence-electron chi connectivity index (χ1n) is 25.7. The molecule has 1 saturated carbocycles. The van der Waals surface area contributed by atoms with Crippen molar-refractivity contribution in [1.29, 1.82) is 0 Å². The highest BCUT2D eigenvalue weighted by atomic mass is 16.7. The predicted molar refractivity (Wildman–Crippen MR) is 275 cm³/mol. The average molecular weight is 1060 g/mol. The molecule has 3 aliphatic heterocycles. The molecule has 5 heterocycles. The lowest BCUT2D eigenvalue weighted by Crippen LogP contribution is -2.80. The molecule has 0 spiro atoms. The molecule has 408 valence electrons. The summed E-state index contributed by atoms with van der Waals surface area (Å²) in [6.07, 6.45) is -3.84. The molecule has 3 aliphatic carbocycles. The van der Waals surface area contributed by atoms with Crippen molar-refractivity contribution in [3.8, 4) is 40.1 Å². The summed E-state index contributed by atoms with van der Waals surface area (Å²) >= 11 is 0. The van der Waals surface area contributed by atoms with Gasteiger partial charge < -0.3 is 96.4 Å². The number of aromatic hydroxyl groups is 2. The van der Waals surface area contributed by atoms with Crippen molar-refractivity contribution in [1.82, 2.24) is 20.9 Å². The molecule has 6 aliphatic rings. The van der Waals surface area contributed by atoms with Crippen LogP contribution in [0.4, 0.5) is 5.82 Å². The van der Waals surface area contributed by atoms with E-state index in [2.05, 4.69) is 20.9 Å². The van der Waals surface area contributed by atoms with Crippen LogP contribution in [0.25, 0.3) is 22.3 Å². The Morgan fingerprint density at radius 1 is 1.00 bits per heavy atom. The van der Waals surface area contributed by atoms with Crippen molar-refractivity contribution in [2.75, 3.05) is 32.1 Å². The first kappa shape index (κ1) is 52.0. The Labute approximate surface area is 439 Å². The Kier molecular flexibility index (Phi) is 13.3. The number of nitrogen functional groups attached to an aromatic ring is 1.